The van der Waals surface area contributed by atoms with Crippen molar-refractivity contribution in [2.45, 2.75) is 24.9 Å². The molecule has 0 radical (unpaired) electrons. The summed E-state index contributed by atoms with van der Waals surface area (Å²) in [6.45, 7) is 4.50. The van der Waals surface area contributed by atoms with Gasteiger partial charge in [-0.3, -0.25) is 0 Å². The maximum Gasteiger partial charge on any atom is 0.259 e. The van der Waals surface area contributed by atoms with E-state index in [1.807, 2.05) is 49.0 Å². The van der Waals surface area contributed by atoms with Crippen LogP contribution in [0.15, 0.2) is 54.2 Å². The van der Waals surface area contributed by atoms with Crippen molar-refractivity contribution in [3.8, 4) is 5.82 Å². The minimum absolute atomic E-state index is 0.0158. The highest BCUT2D eigenvalue weighted by atomic mass is 32.2. The molecule has 0 aliphatic heterocycles. The maximum atomic E-state index is 12.2. The molecule has 0 aromatic carbocycles. The molecule has 0 aliphatic carbocycles. The summed E-state index contributed by atoms with van der Waals surface area (Å²) in [7, 11) is -3.63. The number of nitrogens with zero attached hydrogens (tertiary/aromatic N) is 5. The van der Waals surface area contributed by atoms with E-state index in [2.05, 4.69) is 25.2 Å². The molecule has 3 heterocycles. The van der Waals surface area contributed by atoms with Crippen LogP contribution in [0.4, 0.5) is 5.82 Å². The number of imidazole rings is 1. The van der Waals surface area contributed by atoms with Crippen LogP contribution < -0.4 is 10.0 Å². The lowest BCUT2D eigenvalue weighted by atomic mass is 10.4. The number of hydrogen-bond acceptors (Lipinski definition) is 6. The SMILES string of the molecule is CC(C)n1cnc(S(=O)(=O)NCCNc2ccc(-n3cccc3)nn2)c1. The Morgan fingerprint density at radius 1 is 1.12 bits per heavy atom. The molecule has 2 N–H and O–H groups in total. The van der Waals surface area contributed by atoms with Crippen molar-refractivity contribution in [2.24, 2.45) is 0 Å². The first-order chi connectivity index (χ1) is 12.5. The summed E-state index contributed by atoms with van der Waals surface area (Å²) >= 11 is 0. The first kappa shape index (κ1) is 18.1. The topological polar surface area (TPSA) is 107 Å². The lowest BCUT2D eigenvalue weighted by molar-refractivity contribution is 0.577. The fourth-order valence-electron chi connectivity index (χ4n) is 2.23. The van der Waals surface area contributed by atoms with Crippen LogP contribution in [-0.4, -0.2) is 45.8 Å². The van der Waals surface area contributed by atoms with Crippen LogP contribution in [0.3, 0.4) is 0 Å². The van der Waals surface area contributed by atoms with E-state index >= 15 is 0 Å². The molecular formula is C16H21N7O2S. The Labute approximate surface area is 152 Å². The van der Waals surface area contributed by atoms with Gasteiger partial charge in [-0.15, -0.1) is 10.2 Å². The zero-order chi connectivity index (χ0) is 18.6. The predicted octanol–water partition coefficient (Wildman–Crippen LogP) is 1.44. The van der Waals surface area contributed by atoms with E-state index in [1.54, 1.807) is 10.6 Å². The van der Waals surface area contributed by atoms with Gasteiger partial charge >= 0.3 is 0 Å². The maximum absolute atomic E-state index is 12.2. The molecular weight excluding hydrogens is 354 g/mol. The van der Waals surface area contributed by atoms with Gasteiger partial charge in [0.05, 0.1) is 6.33 Å². The van der Waals surface area contributed by atoms with Gasteiger partial charge in [-0.2, -0.15) is 0 Å². The molecule has 3 aromatic rings. The summed E-state index contributed by atoms with van der Waals surface area (Å²) in [6, 6.07) is 7.59. The van der Waals surface area contributed by atoms with Crippen molar-refractivity contribution in [1.29, 1.82) is 0 Å². The Balaban J connectivity index is 1.50. The second kappa shape index (κ2) is 7.67. The Morgan fingerprint density at radius 2 is 1.88 bits per heavy atom. The normalized spacial score (nSPS) is 11.8. The minimum Gasteiger partial charge on any atom is -0.367 e. The van der Waals surface area contributed by atoms with Crippen molar-refractivity contribution in [2.75, 3.05) is 18.4 Å². The van der Waals surface area contributed by atoms with E-state index < -0.39 is 10.0 Å². The average molecular weight is 375 g/mol. The predicted molar refractivity (Wildman–Crippen MR) is 97.6 cm³/mol. The van der Waals surface area contributed by atoms with Gasteiger partial charge in [0.2, 0.25) is 0 Å². The van der Waals surface area contributed by atoms with Crippen LogP contribution in [0, 0.1) is 0 Å². The van der Waals surface area contributed by atoms with Gasteiger partial charge in [-0.1, -0.05) is 0 Å². The summed E-state index contributed by atoms with van der Waals surface area (Å²) in [5, 5.41) is 11.2. The Kier molecular flexibility index (Phi) is 5.33. The molecule has 3 aromatic heterocycles. The minimum atomic E-state index is -3.63. The van der Waals surface area contributed by atoms with E-state index in [4.69, 9.17) is 0 Å². The largest absolute Gasteiger partial charge is 0.367 e. The Morgan fingerprint density at radius 3 is 2.50 bits per heavy atom. The van der Waals surface area contributed by atoms with Gasteiger partial charge in [0.25, 0.3) is 10.0 Å². The van der Waals surface area contributed by atoms with Gasteiger partial charge < -0.3 is 14.5 Å². The quantitative estimate of drug-likeness (QED) is 0.577. The fourth-order valence-corrected chi connectivity index (χ4v) is 3.20. The van der Waals surface area contributed by atoms with Gasteiger partial charge in [-0.05, 0) is 38.1 Å². The molecule has 9 nitrogen and oxygen atoms in total. The van der Waals surface area contributed by atoms with Crippen LogP contribution in [0.25, 0.3) is 5.82 Å². The van der Waals surface area contributed by atoms with Gasteiger partial charge in [0.15, 0.2) is 10.8 Å². The standard InChI is InChI=1S/C16H21N7O2S/c1-13(2)23-11-16(18-12-23)26(24,25)19-8-7-17-14-5-6-15(21-20-14)22-9-3-4-10-22/h3-6,9-13,19H,7-8H2,1-2H3,(H,17,20). The summed E-state index contributed by atoms with van der Waals surface area (Å²) < 4.78 is 30.5. The van der Waals surface area contributed by atoms with Crippen molar-refractivity contribution < 1.29 is 8.42 Å². The van der Waals surface area contributed by atoms with Crippen molar-refractivity contribution in [3.63, 3.8) is 0 Å². The van der Waals surface area contributed by atoms with Gasteiger partial charge in [0, 0.05) is 37.7 Å². The molecule has 10 heteroatoms. The molecule has 0 unspecified atom stereocenters. The first-order valence-corrected chi connectivity index (χ1v) is 9.68. The monoisotopic (exact) mass is 375 g/mol. The van der Waals surface area contributed by atoms with Crippen LogP contribution in [0.5, 0.6) is 0 Å². The number of aromatic nitrogens is 5. The lowest BCUT2D eigenvalue weighted by Gasteiger charge is -2.07. The summed E-state index contributed by atoms with van der Waals surface area (Å²) in [6.07, 6.45) is 6.80. The Bertz CT molecular complexity index is 931. The molecule has 0 amide bonds. The Hall–Kier alpha value is -2.72. The number of rotatable bonds is 8. The number of nitrogens with one attached hydrogen (secondary N) is 2. The highest BCUT2D eigenvalue weighted by Gasteiger charge is 2.17. The number of anilines is 1. The molecule has 138 valence electrons. The average Bonchev–Trinajstić information content (AvgIpc) is 3.31. The number of sulfonamides is 1. The van der Waals surface area contributed by atoms with Crippen LogP contribution in [0.2, 0.25) is 0 Å². The van der Waals surface area contributed by atoms with Gasteiger partial charge in [0.1, 0.15) is 5.82 Å². The van der Waals surface area contributed by atoms with E-state index in [9.17, 15) is 8.42 Å². The van der Waals surface area contributed by atoms with Crippen molar-refractivity contribution in [3.05, 3.63) is 49.2 Å². The molecule has 0 fully saturated rings. The second-order valence-electron chi connectivity index (χ2n) is 5.94. The number of hydrogen-bond donors (Lipinski definition) is 2. The van der Waals surface area contributed by atoms with E-state index in [0.717, 1.165) is 0 Å². The molecule has 0 saturated carbocycles. The molecule has 0 saturated heterocycles. The lowest BCUT2D eigenvalue weighted by Crippen LogP contribution is -2.29. The summed E-state index contributed by atoms with van der Waals surface area (Å²) in [4.78, 5) is 3.95. The molecule has 0 atom stereocenters. The second-order valence-corrected chi connectivity index (χ2v) is 7.66. The highest BCUT2D eigenvalue weighted by Crippen LogP contribution is 2.10. The van der Waals surface area contributed by atoms with Crippen molar-refractivity contribution >= 4 is 15.8 Å². The third-order valence-electron chi connectivity index (χ3n) is 3.69. The van der Waals surface area contributed by atoms with Crippen LogP contribution >= 0.6 is 0 Å². The molecule has 3 rings (SSSR count). The molecule has 0 bridgehead atoms. The highest BCUT2D eigenvalue weighted by molar-refractivity contribution is 7.89. The molecule has 0 spiro atoms. The zero-order valence-electron chi connectivity index (χ0n) is 14.6. The smallest absolute Gasteiger partial charge is 0.259 e. The first-order valence-electron chi connectivity index (χ1n) is 8.20. The molecule has 26 heavy (non-hydrogen) atoms. The summed E-state index contributed by atoms with van der Waals surface area (Å²) in [5.41, 5.74) is 0. The van der Waals surface area contributed by atoms with E-state index in [1.165, 1.54) is 12.5 Å². The third-order valence-corrected chi connectivity index (χ3v) is 5.04. The fraction of sp³-hybridized carbons (Fsp3) is 0.312. The zero-order valence-corrected chi connectivity index (χ0v) is 15.4. The summed E-state index contributed by atoms with van der Waals surface area (Å²) in [5.74, 6) is 1.28. The van der Waals surface area contributed by atoms with E-state index in [-0.39, 0.29) is 17.6 Å². The van der Waals surface area contributed by atoms with Gasteiger partial charge in [-0.25, -0.2) is 18.1 Å². The van der Waals surface area contributed by atoms with E-state index in [0.29, 0.717) is 18.2 Å². The molecule has 0 aliphatic rings. The van der Waals surface area contributed by atoms with Crippen LogP contribution in [0.1, 0.15) is 19.9 Å². The third kappa shape index (κ3) is 4.27. The van der Waals surface area contributed by atoms with Crippen molar-refractivity contribution in [1.82, 2.24) is 29.0 Å². The van der Waals surface area contributed by atoms with Crippen LogP contribution in [-0.2, 0) is 10.0 Å².